The number of fused-ring (bicyclic) bond motifs is 1. The molecule has 0 atom stereocenters. The Morgan fingerprint density at radius 1 is 1.08 bits per heavy atom. The molecule has 0 saturated carbocycles. The highest BCUT2D eigenvalue weighted by atomic mass is 32.1. The molecule has 3 nitrogen and oxygen atoms in total. The first kappa shape index (κ1) is 15.8. The SMILES string of the molecule is Cc1ccc(Cn2cnc3c(-c4ccccc4)csc3c2=O)c(C)c1. The summed E-state index contributed by atoms with van der Waals surface area (Å²) in [6.45, 7) is 4.71. The average molecular weight is 346 g/mol. The van der Waals surface area contributed by atoms with Crippen LogP contribution >= 0.6 is 11.3 Å². The van der Waals surface area contributed by atoms with Crippen LogP contribution in [0.5, 0.6) is 0 Å². The second-order valence-corrected chi connectivity index (χ2v) is 7.18. The zero-order valence-corrected chi connectivity index (χ0v) is 15.0. The van der Waals surface area contributed by atoms with Gasteiger partial charge in [-0.25, -0.2) is 4.98 Å². The van der Waals surface area contributed by atoms with Gasteiger partial charge in [-0.3, -0.25) is 9.36 Å². The van der Waals surface area contributed by atoms with E-state index in [1.807, 2.05) is 35.7 Å². The molecule has 0 aliphatic rings. The molecule has 2 heterocycles. The minimum Gasteiger partial charge on any atom is -0.294 e. The van der Waals surface area contributed by atoms with Gasteiger partial charge in [0.1, 0.15) is 4.70 Å². The zero-order valence-electron chi connectivity index (χ0n) is 14.2. The Bertz CT molecular complexity index is 1110. The smallest absolute Gasteiger partial charge is 0.271 e. The molecule has 4 rings (SSSR count). The average Bonchev–Trinajstić information content (AvgIpc) is 3.05. The van der Waals surface area contributed by atoms with Gasteiger partial charge in [0, 0.05) is 10.9 Å². The lowest BCUT2D eigenvalue weighted by molar-refractivity contribution is 0.746. The van der Waals surface area contributed by atoms with E-state index in [2.05, 4.69) is 37.0 Å². The van der Waals surface area contributed by atoms with E-state index in [-0.39, 0.29) is 5.56 Å². The molecule has 0 saturated heterocycles. The zero-order chi connectivity index (χ0) is 17.4. The van der Waals surface area contributed by atoms with Crippen molar-refractivity contribution < 1.29 is 0 Å². The first-order valence-corrected chi connectivity index (χ1v) is 9.09. The first-order valence-electron chi connectivity index (χ1n) is 8.21. The Balaban J connectivity index is 1.78. The molecular weight excluding hydrogens is 328 g/mol. The van der Waals surface area contributed by atoms with E-state index in [1.54, 1.807) is 10.9 Å². The van der Waals surface area contributed by atoms with Crippen molar-refractivity contribution in [2.45, 2.75) is 20.4 Å². The fourth-order valence-corrected chi connectivity index (χ4v) is 4.06. The van der Waals surface area contributed by atoms with Crippen LogP contribution in [0.1, 0.15) is 16.7 Å². The predicted molar refractivity (Wildman–Crippen MR) is 104 cm³/mol. The number of aryl methyl sites for hydroxylation is 2. The van der Waals surface area contributed by atoms with Gasteiger partial charge < -0.3 is 0 Å². The molecule has 0 radical (unpaired) electrons. The third-order valence-electron chi connectivity index (χ3n) is 4.47. The normalized spacial score (nSPS) is 11.1. The monoisotopic (exact) mass is 346 g/mol. The highest BCUT2D eigenvalue weighted by Crippen LogP contribution is 2.30. The van der Waals surface area contributed by atoms with Gasteiger partial charge in [0.05, 0.1) is 18.4 Å². The Kier molecular flexibility index (Phi) is 3.98. The van der Waals surface area contributed by atoms with Crippen molar-refractivity contribution >= 4 is 21.6 Å². The van der Waals surface area contributed by atoms with Crippen LogP contribution in [0.4, 0.5) is 0 Å². The molecule has 0 aliphatic carbocycles. The molecule has 4 aromatic rings. The summed E-state index contributed by atoms with van der Waals surface area (Å²) in [7, 11) is 0. The largest absolute Gasteiger partial charge is 0.294 e. The number of aromatic nitrogens is 2. The number of thiophene rings is 1. The summed E-state index contributed by atoms with van der Waals surface area (Å²) in [5, 5.41) is 2.02. The maximum atomic E-state index is 12.9. The van der Waals surface area contributed by atoms with Crippen LogP contribution in [-0.2, 0) is 6.54 Å². The molecule has 0 unspecified atom stereocenters. The minimum absolute atomic E-state index is 0.0251. The van der Waals surface area contributed by atoms with Crippen molar-refractivity contribution in [1.29, 1.82) is 0 Å². The summed E-state index contributed by atoms with van der Waals surface area (Å²) < 4.78 is 2.41. The van der Waals surface area contributed by atoms with Crippen molar-refractivity contribution in [3.63, 3.8) is 0 Å². The van der Waals surface area contributed by atoms with E-state index in [0.29, 0.717) is 11.2 Å². The van der Waals surface area contributed by atoms with E-state index < -0.39 is 0 Å². The molecular formula is C21H18N2OS. The number of hydrogen-bond acceptors (Lipinski definition) is 3. The molecule has 0 aliphatic heterocycles. The van der Waals surface area contributed by atoms with Crippen LogP contribution in [0.15, 0.2) is 65.0 Å². The summed E-state index contributed by atoms with van der Waals surface area (Å²) >= 11 is 1.47. The maximum absolute atomic E-state index is 12.9. The van der Waals surface area contributed by atoms with Crippen LogP contribution in [0.3, 0.4) is 0 Å². The fraction of sp³-hybridized carbons (Fsp3) is 0.143. The Labute approximate surface area is 150 Å². The number of hydrogen-bond donors (Lipinski definition) is 0. The molecule has 0 fully saturated rings. The molecule has 25 heavy (non-hydrogen) atoms. The van der Waals surface area contributed by atoms with Gasteiger partial charge in [0.2, 0.25) is 0 Å². The molecule has 2 aromatic heterocycles. The predicted octanol–water partition coefficient (Wildman–Crippen LogP) is 4.79. The Morgan fingerprint density at radius 2 is 1.88 bits per heavy atom. The van der Waals surface area contributed by atoms with Crippen molar-refractivity contribution in [3.8, 4) is 11.1 Å². The molecule has 0 amide bonds. The van der Waals surface area contributed by atoms with Gasteiger partial charge in [-0.1, -0.05) is 54.1 Å². The van der Waals surface area contributed by atoms with Crippen molar-refractivity contribution in [3.05, 3.63) is 87.3 Å². The van der Waals surface area contributed by atoms with E-state index in [4.69, 9.17) is 0 Å². The van der Waals surface area contributed by atoms with Gasteiger partial charge in [-0.2, -0.15) is 0 Å². The lowest BCUT2D eigenvalue weighted by Gasteiger charge is -2.09. The second-order valence-electron chi connectivity index (χ2n) is 6.30. The van der Waals surface area contributed by atoms with E-state index in [9.17, 15) is 4.79 Å². The third-order valence-corrected chi connectivity index (χ3v) is 5.43. The lowest BCUT2D eigenvalue weighted by atomic mass is 10.1. The summed E-state index contributed by atoms with van der Waals surface area (Å²) in [4.78, 5) is 17.5. The summed E-state index contributed by atoms with van der Waals surface area (Å²) in [5.41, 5.74) is 6.50. The second kappa shape index (κ2) is 6.30. The van der Waals surface area contributed by atoms with Crippen molar-refractivity contribution in [2.75, 3.05) is 0 Å². The Hall–Kier alpha value is -2.72. The quantitative estimate of drug-likeness (QED) is 0.534. The molecule has 4 heteroatoms. The number of rotatable bonds is 3. The van der Waals surface area contributed by atoms with Crippen molar-refractivity contribution in [2.24, 2.45) is 0 Å². The van der Waals surface area contributed by atoms with Gasteiger partial charge in [-0.15, -0.1) is 11.3 Å². The van der Waals surface area contributed by atoms with Gasteiger partial charge in [-0.05, 0) is 30.5 Å². The first-order chi connectivity index (χ1) is 12.1. The highest BCUT2D eigenvalue weighted by molar-refractivity contribution is 7.17. The maximum Gasteiger partial charge on any atom is 0.271 e. The minimum atomic E-state index is 0.0251. The van der Waals surface area contributed by atoms with Crippen LogP contribution in [0, 0.1) is 13.8 Å². The fourth-order valence-electron chi connectivity index (χ4n) is 3.08. The van der Waals surface area contributed by atoms with Crippen LogP contribution in [0.25, 0.3) is 21.3 Å². The van der Waals surface area contributed by atoms with E-state index in [0.717, 1.165) is 22.2 Å². The van der Waals surface area contributed by atoms with Gasteiger partial charge >= 0.3 is 0 Å². The number of benzene rings is 2. The highest BCUT2D eigenvalue weighted by Gasteiger charge is 2.13. The molecule has 124 valence electrons. The van der Waals surface area contributed by atoms with Crippen LogP contribution < -0.4 is 5.56 Å². The summed E-state index contributed by atoms with van der Waals surface area (Å²) in [6, 6.07) is 16.4. The topological polar surface area (TPSA) is 34.9 Å². The molecule has 2 aromatic carbocycles. The number of nitrogens with zero attached hydrogens (tertiary/aromatic N) is 2. The summed E-state index contributed by atoms with van der Waals surface area (Å²) in [5.74, 6) is 0. The molecule has 0 spiro atoms. The van der Waals surface area contributed by atoms with E-state index in [1.165, 1.54) is 22.5 Å². The molecule has 0 bridgehead atoms. The molecule has 0 N–H and O–H groups in total. The van der Waals surface area contributed by atoms with E-state index >= 15 is 0 Å². The van der Waals surface area contributed by atoms with Gasteiger partial charge in [0.25, 0.3) is 5.56 Å². The van der Waals surface area contributed by atoms with Crippen molar-refractivity contribution in [1.82, 2.24) is 9.55 Å². The standard InChI is InChI=1S/C21H18N2OS/c1-14-8-9-17(15(2)10-14)11-23-13-22-19-18(12-25-20(19)21(23)24)16-6-4-3-5-7-16/h3-10,12-13H,11H2,1-2H3. The van der Waals surface area contributed by atoms with Crippen LogP contribution in [-0.4, -0.2) is 9.55 Å². The van der Waals surface area contributed by atoms with Crippen LogP contribution in [0.2, 0.25) is 0 Å². The third kappa shape index (κ3) is 2.89. The van der Waals surface area contributed by atoms with Gasteiger partial charge in [0.15, 0.2) is 0 Å². The lowest BCUT2D eigenvalue weighted by Crippen LogP contribution is -2.20. The summed E-state index contributed by atoms with van der Waals surface area (Å²) in [6.07, 6.45) is 1.67. The Morgan fingerprint density at radius 3 is 2.64 bits per heavy atom.